The van der Waals surface area contributed by atoms with Gasteiger partial charge in [0.2, 0.25) is 5.91 Å². The lowest BCUT2D eigenvalue weighted by Gasteiger charge is -2.32. The number of carboxylic acids is 1. The van der Waals surface area contributed by atoms with E-state index in [0.29, 0.717) is 25.2 Å². The van der Waals surface area contributed by atoms with E-state index in [0.717, 1.165) is 83.8 Å². The number of piperidine rings is 1. The molecule has 1 aliphatic carbocycles. The Labute approximate surface area is 250 Å². The van der Waals surface area contributed by atoms with E-state index in [-0.39, 0.29) is 17.5 Å². The highest BCUT2D eigenvalue weighted by atomic mass is 16.5. The van der Waals surface area contributed by atoms with Gasteiger partial charge in [-0.15, -0.1) is 0 Å². The van der Waals surface area contributed by atoms with E-state index in [1.54, 1.807) is 37.4 Å². The van der Waals surface area contributed by atoms with Crippen LogP contribution in [0.15, 0.2) is 77.2 Å². The molecule has 0 saturated carbocycles. The Bertz CT molecular complexity index is 1630. The smallest absolute Gasteiger partial charge is 0.335 e. The minimum atomic E-state index is -0.954. The van der Waals surface area contributed by atoms with Gasteiger partial charge in [0.05, 0.1) is 23.0 Å². The first-order valence-electron chi connectivity index (χ1n) is 14.8. The van der Waals surface area contributed by atoms with Gasteiger partial charge >= 0.3 is 5.97 Å². The van der Waals surface area contributed by atoms with Gasteiger partial charge in [-0.25, -0.2) is 4.79 Å². The first kappa shape index (κ1) is 28.5. The Morgan fingerprint density at radius 2 is 1.74 bits per heavy atom. The average Bonchev–Trinajstić information content (AvgIpc) is 3.04. The Morgan fingerprint density at radius 3 is 2.44 bits per heavy atom. The minimum Gasteiger partial charge on any atom is -0.478 e. The molecule has 220 valence electrons. The van der Waals surface area contributed by atoms with Gasteiger partial charge in [-0.05, 0) is 61.6 Å². The Hall–Kier alpha value is -4.63. The molecule has 2 saturated heterocycles. The maximum atomic E-state index is 12.3. The molecule has 1 amide bonds. The van der Waals surface area contributed by atoms with Gasteiger partial charge in [0, 0.05) is 91.3 Å². The molecule has 3 N–H and O–H groups in total. The number of hydrogen-bond donors (Lipinski definition) is 2. The number of carbonyl (C=O) groups excluding carboxylic acids is 1. The largest absolute Gasteiger partial charge is 0.478 e. The van der Waals surface area contributed by atoms with E-state index in [1.165, 1.54) is 5.56 Å². The number of pyridine rings is 2. The van der Waals surface area contributed by atoms with Gasteiger partial charge in [-0.2, -0.15) is 0 Å². The zero-order valence-corrected chi connectivity index (χ0v) is 24.3. The van der Waals surface area contributed by atoms with Gasteiger partial charge in [-0.3, -0.25) is 19.8 Å². The predicted molar refractivity (Wildman–Crippen MR) is 166 cm³/mol. The van der Waals surface area contributed by atoms with Gasteiger partial charge in [0.1, 0.15) is 0 Å². The van der Waals surface area contributed by atoms with Gasteiger partial charge in [-0.1, -0.05) is 18.2 Å². The third-order valence-electron chi connectivity index (χ3n) is 8.43. The lowest BCUT2D eigenvalue weighted by molar-refractivity contribution is -0.128. The number of amides is 1. The first-order valence-corrected chi connectivity index (χ1v) is 14.8. The fraction of sp³-hybridized carbons (Fsp3) is 0.324. The highest BCUT2D eigenvalue weighted by Crippen LogP contribution is 2.34. The standard InChI is InChI=1S/C34H35N5O4/c1-21(40)39-14-11-31(38-26-12-15-43-16-13-26)29(20-39)33(35)27-4-2-3-24-17-32(37-19-28(24)27)25-9-10-30(36-18-25)22-5-7-23(8-6-22)34(41)42/h4-10,17-19,26H,2-3,11-16,20,35H2,1H3,(H,41,42)/b33-29-,38-31?. The van der Waals surface area contributed by atoms with Gasteiger partial charge in [0.15, 0.2) is 0 Å². The van der Waals surface area contributed by atoms with Crippen LogP contribution >= 0.6 is 0 Å². The Balaban J connectivity index is 1.28. The summed E-state index contributed by atoms with van der Waals surface area (Å²) in [4.78, 5) is 39.8. The molecule has 9 nitrogen and oxygen atoms in total. The molecular formula is C34H35N5O4. The summed E-state index contributed by atoms with van der Waals surface area (Å²) in [5.74, 6) is -0.915. The third-order valence-corrected chi connectivity index (χ3v) is 8.43. The summed E-state index contributed by atoms with van der Waals surface area (Å²) in [7, 11) is 0. The van der Waals surface area contributed by atoms with E-state index in [2.05, 4.69) is 17.1 Å². The van der Waals surface area contributed by atoms with Crippen molar-refractivity contribution in [1.82, 2.24) is 14.9 Å². The van der Waals surface area contributed by atoms with E-state index < -0.39 is 5.97 Å². The highest BCUT2D eigenvalue weighted by Gasteiger charge is 2.28. The number of rotatable bonds is 5. The van der Waals surface area contributed by atoms with Crippen LogP contribution in [-0.4, -0.2) is 69.9 Å². The number of aromatic nitrogens is 2. The molecule has 9 heteroatoms. The van der Waals surface area contributed by atoms with Crippen LogP contribution < -0.4 is 5.73 Å². The number of ether oxygens (including phenoxy) is 1. The number of fused-ring (bicyclic) bond motifs is 1. The van der Waals surface area contributed by atoms with Crippen molar-refractivity contribution in [3.63, 3.8) is 0 Å². The molecule has 2 aliphatic heterocycles. The zero-order chi connectivity index (χ0) is 29.9. The second-order valence-corrected chi connectivity index (χ2v) is 11.2. The van der Waals surface area contributed by atoms with Gasteiger partial charge < -0.3 is 20.5 Å². The summed E-state index contributed by atoms with van der Waals surface area (Å²) in [6.45, 7) is 4.15. The monoisotopic (exact) mass is 577 g/mol. The number of nitrogens with zero attached hydrogens (tertiary/aromatic N) is 4. The first-order chi connectivity index (χ1) is 20.9. The summed E-state index contributed by atoms with van der Waals surface area (Å²) in [6, 6.07) is 12.9. The summed E-state index contributed by atoms with van der Waals surface area (Å²) in [5.41, 5.74) is 16.3. The van der Waals surface area contributed by atoms with Crippen LogP contribution in [0.3, 0.4) is 0 Å². The van der Waals surface area contributed by atoms with E-state index in [9.17, 15) is 9.59 Å². The number of aryl methyl sites for hydroxylation is 1. The molecular weight excluding hydrogens is 542 g/mol. The molecule has 3 aromatic rings. The van der Waals surface area contributed by atoms with Crippen molar-refractivity contribution in [1.29, 1.82) is 0 Å². The van der Waals surface area contributed by atoms with E-state index >= 15 is 0 Å². The topological polar surface area (TPSA) is 131 Å². The van der Waals surface area contributed by atoms with Crippen LogP contribution in [0.1, 0.15) is 54.1 Å². The maximum Gasteiger partial charge on any atom is 0.335 e. The number of hydrogen-bond acceptors (Lipinski definition) is 7. The molecule has 0 radical (unpaired) electrons. The van der Waals surface area contributed by atoms with Crippen molar-refractivity contribution >= 4 is 23.2 Å². The van der Waals surface area contributed by atoms with Crippen molar-refractivity contribution in [3.8, 4) is 22.5 Å². The van der Waals surface area contributed by atoms with E-state index in [1.807, 2.05) is 23.2 Å². The highest BCUT2D eigenvalue weighted by molar-refractivity contribution is 6.06. The second kappa shape index (κ2) is 12.3. The molecule has 0 bridgehead atoms. The maximum absolute atomic E-state index is 12.3. The number of aliphatic imine (C=N–C) groups is 1. The number of nitrogens with two attached hydrogens (primary N) is 1. The average molecular weight is 578 g/mol. The molecule has 2 aromatic heterocycles. The van der Waals surface area contributed by atoms with Crippen LogP contribution in [0.5, 0.6) is 0 Å². The molecule has 4 heterocycles. The van der Waals surface area contributed by atoms with E-state index in [4.69, 9.17) is 25.6 Å². The summed E-state index contributed by atoms with van der Waals surface area (Å²) < 4.78 is 5.53. The quantitative estimate of drug-likeness (QED) is 0.440. The zero-order valence-electron chi connectivity index (χ0n) is 24.3. The molecule has 6 rings (SSSR count). The van der Waals surface area contributed by atoms with Crippen LogP contribution in [0, 0.1) is 0 Å². The molecule has 1 aromatic carbocycles. The van der Waals surface area contributed by atoms with Crippen molar-refractivity contribution < 1.29 is 19.4 Å². The van der Waals surface area contributed by atoms with Crippen LogP contribution in [0.4, 0.5) is 0 Å². The lowest BCUT2D eigenvalue weighted by Crippen LogP contribution is -2.40. The number of carboxylic acid groups (broad SMARTS) is 1. The fourth-order valence-corrected chi connectivity index (χ4v) is 5.94. The molecule has 0 unspecified atom stereocenters. The predicted octanol–water partition coefficient (Wildman–Crippen LogP) is 4.92. The summed E-state index contributed by atoms with van der Waals surface area (Å²) >= 11 is 0. The molecule has 0 atom stereocenters. The minimum absolute atomic E-state index is 0.0386. The SMILES string of the molecule is CC(=O)N1CCC(=NC2CCOCC2)/C(=C(\N)C2=CCCc3cc(-c4ccc(-c5ccc(C(=O)O)cc5)nc4)ncc32)C1. The van der Waals surface area contributed by atoms with Crippen molar-refractivity contribution in [3.05, 3.63) is 88.9 Å². The number of benzene rings is 1. The summed E-state index contributed by atoms with van der Waals surface area (Å²) in [5, 5.41) is 9.15. The Kier molecular flexibility index (Phi) is 8.16. The summed E-state index contributed by atoms with van der Waals surface area (Å²) in [6.07, 6.45) is 10.1. The Morgan fingerprint density at radius 1 is 1.00 bits per heavy atom. The molecule has 2 fully saturated rings. The molecule has 43 heavy (non-hydrogen) atoms. The second-order valence-electron chi connectivity index (χ2n) is 11.2. The third kappa shape index (κ3) is 6.12. The van der Waals surface area contributed by atoms with Crippen molar-refractivity contribution in [2.75, 3.05) is 26.3 Å². The van der Waals surface area contributed by atoms with Crippen molar-refractivity contribution in [2.45, 2.75) is 45.1 Å². The van der Waals surface area contributed by atoms with Crippen molar-refractivity contribution in [2.24, 2.45) is 10.7 Å². The van der Waals surface area contributed by atoms with Crippen LogP contribution in [-0.2, 0) is 16.0 Å². The van der Waals surface area contributed by atoms with Gasteiger partial charge in [0.25, 0.3) is 0 Å². The fourth-order valence-electron chi connectivity index (χ4n) is 5.94. The van der Waals surface area contributed by atoms with Crippen LogP contribution in [0.25, 0.3) is 28.1 Å². The number of carbonyl (C=O) groups is 2. The number of aromatic carboxylic acids is 1. The normalized spacial score (nSPS) is 19.5. The lowest BCUT2D eigenvalue weighted by atomic mass is 9.86. The molecule has 0 spiro atoms. The van der Waals surface area contributed by atoms with Crippen LogP contribution in [0.2, 0.25) is 0 Å². The number of allylic oxidation sites excluding steroid dienone is 2. The molecule has 3 aliphatic rings. The number of likely N-dealkylation sites (tertiary alicyclic amines) is 1.